The number of carboxylic acid groups (broad SMARTS) is 1. The van der Waals surface area contributed by atoms with E-state index in [0.717, 1.165) is 64.2 Å². The molecule has 0 saturated carbocycles. The Morgan fingerprint density at radius 1 is 0.714 bits per heavy atom. The average molecular weight is 622 g/mol. The molecule has 0 radical (unpaired) electrons. The number of aliphatic carboxylic acids is 1. The minimum absolute atomic E-state index is 0.153. The van der Waals surface area contributed by atoms with E-state index in [1.165, 1.54) is 25.7 Å². The minimum Gasteiger partial charge on any atom is -0.480 e. The second kappa shape index (κ2) is 26.8. The first-order chi connectivity index (χ1) is 20.1. The number of carbonyl (C=O) groups excluding carboxylic acids is 2. The maximum Gasteiger partial charge on any atom is 0.472 e. The first-order valence-electron chi connectivity index (χ1n) is 15.7. The fourth-order valence-electron chi connectivity index (χ4n) is 3.95. The van der Waals surface area contributed by atoms with E-state index in [9.17, 15) is 23.8 Å². The quantitative estimate of drug-likeness (QED) is 0.0355. The van der Waals surface area contributed by atoms with Crippen molar-refractivity contribution in [3.05, 3.63) is 12.2 Å². The van der Waals surface area contributed by atoms with Crippen LogP contribution in [0.4, 0.5) is 0 Å². The number of unbranched alkanes of at least 4 members (excludes halogenated alkanes) is 13. The molecule has 4 N–H and O–H groups in total. The third kappa shape index (κ3) is 25.9. The molecule has 0 aromatic rings. The highest BCUT2D eigenvalue weighted by molar-refractivity contribution is 7.47. The largest absolute Gasteiger partial charge is 0.480 e. The molecule has 0 rings (SSSR count). The van der Waals surface area contributed by atoms with Crippen LogP contribution in [0.5, 0.6) is 0 Å². The van der Waals surface area contributed by atoms with Gasteiger partial charge in [-0.15, -0.1) is 0 Å². The highest BCUT2D eigenvalue weighted by atomic mass is 31.2. The summed E-state index contributed by atoms with van der Waals surface area (Å²) in [6, 6.07) is -1.52. The second-order valence-corrected chi connectivity index (χ2v) is 12.0. The summed E-state index contributed by atoms with van der Waals surface area (Å²) in [5.74, 6) is -2.40. The smallest absolute Gasteiger partial charge is 0.472 e. The Morgan fingerprint density at radius 2 is 1.24 bits per heavy atom. The summed E-state index contributed by atoms with van der Waals surface area (Å²) in [6.07, 6.45) is 20.3. The van der Waals surface area contributed by atoms with Gasteiger partial charge in [0.15, 0.2) is 6.10 Å². The van der Waals surface area contributed by atoms with E-state index < -0.39 is 51.1 Å². The van der Waals surface area contributed by atoms with Crippen LogP contribution in [0.3, 0.4) is 0 Å². The van der Waals surface area contributed by atoms with Gasteiger partial charge in [-0.3, -0.25) is 23.4 Å². The summed E-state index contributed by atoms with van der Waals surface area (Å²) in [6.45, 7) is 2.64. The van der Waals surface area contributed by atoms with Crippen LogP contribution < -0.4 is 5.73 Å². The highest BCUT2D eigenvalue weighted by Crippen LogP contribution is 2.43. The lowest BCUT2D eigenvalue weighted by molar-refractivity contribution is -0.161. The second-order valence-electron chi connectivity index (χ2n) is 10.6. The zero-order chi connectivity index (χ0) is 31.5. The van der Waals surface area contributed by atoms with Gasteiger partial charge in [-0.25, -0.2) is 4.57 Å². The van der Waals surface area contributed by atoms with Gasteiger partial charge >= 0.3 is 25.7 Å². The molecule has 0 saturated heterocycles. The molecule has 0 heterocycles. The van der Waals surface area contributed by atoms with Crippen LogP contribution >= 0.6 is 7.82 Å². The van der Waals surface area contributed by atoms with E-state index in [1.54, 1.807) is 0 Å². The summed E-state index contributed by atoms with van der Waals surface area (Å²) in [5, 5.41) is 8.80. The van der Waals surface area contributed by atoms with Gasteiger partial charge in [0, 0.05) is 12.8 Å². The fourth-order valence-corrected chi connectivity index (χ4v) is 4.73. The summed E-state index contributed by atoms with van der Waals surface area (Å²) in [7, 11) is -4.69. The van der Waals surface area contributed by atoms with Gasteiger partial charge in [0.2, 0.25) is 0 Å². The predicted molar refractivity (Wildman–Crippen MR) is 162 cm³/mol. The molecule has 0 aromatic carbocycles. The molecule has 246 valence electrons. The molecule has 0 aliphatic heterocycles. The van der Waals surface area contributed by atoms with E-state index in [1.807, 2.05) is 0 Å². The van der Waals surface area contributed by atoms with Crippen molar-refractivity contribution in [2.75, 3.05) is 19.8 Å². The lowest BCUT2D eigenvalue weighted by Crippen LogP contribution is -2.34. The molecule has 0 aromatic heterocycles. The average Bonchev–Trinajstić information content (AvgIpc) is 2.95. The topological polar surface area (TPSA) is 172 Å². The van der Waals surface area contributed by atoms with E-state index >= 15 is 0 Å². The Morgan fingerprint density at radius 3 is 1.83 bits per heavy atom. The SMILES string of the molecule is CCC/C=C\CCCCCCCC(=O)OC(COC(=O)CCCCCCCCCC)COP(=O)(O)OCC(N)C(=O)O. The summed E-state index contributed by atoms with van der Waals surface area (Å²) in [5.41, 5.74) is 5.28. The molecule has 11 nitrogen and oxygen atoms in total. The Kier molecular flexibility index (Phi) is 25.7. The minimum atomic E-state index is -4.69. The van der Waals surface area contributed by atoms with Crippen molar-refractivity contribution in [2.45, 2.75) is 142 Å². The number of ether oxygens (including phenoxy) is 2. The molecule has 12 heteroatoms. The number of hydrogen-bond acceptors (Lipinski definition) is 9. The monoisotopic (exact) mass is 621 g/mol. The van der Waals surface area contributed by atoms with Crippen LogP contribution in [0.2, 0.25) is 0 Å². The van der Waals surface area contributed by atoms with Gasteiger partial charge in [0.05, 0.1) is 13.2 Å². The number of rotatable bonds is 29. The third-order valence-corrected chi connectivity index (χ3v) is 7.45. The van der Waals surface area contributed by atoms with E-state index in [4.69, 9.17) is 24.8 Å². The number of nitrogens with two attached hydrogens (primary N) is 1. The third-order valence-electron chi connectivity index (χ3n) is 6.49. The first-order valence-corrected chi connectivity index (χ1v) is 17.2. The van der Waals surface area contributed by atoms with Gasteiger partial charge in [-0.1, -0.05) is 96.6 Å². The van der Waals surface area contributed by atoms with Gasteiger partial charge in [0.25, 0.3) is 0 Å². The van der Waals surface area contributed by atoms with E-state index in [0.29, 0.717) is 12.8 Å². The number of carboxylic acids is 1. The van der Waals surface area contributed by atoms with Crippen LogP contribution in [0.25, 0.3) is 0 Å². The predicted octanol–water partition coefficient (Wildman–Crippen LogP) is 6.60. The van der Waals surface area contributed by atoms with Crippen molar-refractivity contribution in [3.8, 4) is 0 Å². The van der Waals surface area contributed by atoms with Crippen LogP contribution in [0, 0.1) is 0 Å². The Labute approximate surface area is 252 Å². The molecule has 0 aliphatic rings. The number of phosphoric acid groups is 1. The molecular weight excluding hydrogens is 565 g/mol. The first kappa shape index (κ1) is 40.2. The number of hydrogen-bond donors (Lipinski definition) is 3. The number of allylic oxidation sites excluding steroid dienone is 2. The summed E-state index contributed by atoms with van der Waals surface area (Å²) >= 11 is 0. The van der Waals surface area contributed by atoms with Crippen molar-refractivity contribution in [1.29, 1.82) is 0 Å². The number of carbonyl (C=O) groups is 3. The fraction of sp³-hybridized carbons (Fsp3) is 0.833. The van der Waals surface area contributed by atoms with Crippen molar-refractivity contribution < 1.29 is 47.5 Å². The highest BCUT2D eigenvalue weighted by Gasteiger charge is 2.28. The number of phosphoric ester groups is 1. The molecule has 0 aliphatic carbocycles. The lowest BCUT2D eigenvalue weighted by Gasteiger charge is -2.20. The van der Waals surface area contributed by atoms with Gasteiger partial charge in [-0.05, 0) is 32.1 Å². The molecule has 0 amide bonds. The Hall–Kier alpha value is -1.78. The van der Waals surface area contributed by atoms with Crippen LogP contribution in [-0.2, 0) is 37.5 Å². The van der Waals surface area contributed by atoms with Gasteiger partial charge < -0.3 is 25.2 Å². The zero-order valence-electron chi connectivity index (χ0n) is 25.8. The Balaban J connectivity index is 4.57. The van der Waals surface area contributed by atoms with E-state index in [2.05, 4.69) is 30.5 Å². The molecule has 0 bridgehead atoms. The molecule has 42 heavy (non-hydrogen) atoms. The maximum absolute atomic E-state index is 12.4. The van der Waals surface area contributed by atoms with E-state index in [-0.39, 0.29) is 19.4 Å². The molecule has 3 atom stereocenters. The molecule has 3 unspecified atom stereocenters. The molecule has 0 spiro atoms. The molecule has 0 fully saturated rings. The van der Waals surface area contributed by atoms with Crippen molar-refractivity contribution >= 4 is 25.7 Å². The Bertz CT molecular complexity index is 792. The van der Waals surface area contributed by atoms with Crippen LogP contribution in [-0.4, -0.2) is 59.9 Å². The lowest BCUT2D eigenvalue weighted by atomic mass is 10.1. The number of esters is 2. The summed E-state index contributed by atoms with van der Waals surface area (Å²) in [4.78, 5) is 45.3. The molecular formula is C30H56NO10P. The van der Waals surface area contributed by atoms with Crippen molar-refractivity contribution in [3.63, 3.8) is 0 Å². The van der Waals surface area contributed by atoms with Crippen LogP contribution in [0.15, 0.2) is 12.2 Å². The maximum atomic E-state index is 12.4. The van der Waals surface area contributed by atoms with Crippen LogP contribution in [0.1, 0.15) is 129 Å². The van der Waals surface area contributed by atoms with Gasteiger partial charge in [-0.2, -0.15) is 0 Å². The standard InChI is InChI=1S/C30H56NO10P/c1-3-5-7-9-11-13-14-16-18-20-22-29(33)41-26(24-39-42(36,37)40-25-27(31)30(34)35)23-38-28(32)21-19-17-15-12-10-8-6-4-2/h7,9,26-27H,3-6,8,10-25,31H2,1-2H3,(H,34,35)(H,36,37)/b9-7-. The van der Waals surface area contributed by atoms with Crippen molar-refractivity contribution in [2.24, 2.45) is 5.73 Å². The van der Waals surface area contributed by atoms with Gasteiger partial charge in [0.1, 0.15) is 12.6 Å². The zero-order valence-corrected chi connectivity index (χ0v) is 26.7. The summed E-state index contributed by atoms with van der Waals surface area (Å²) < 4.78 is 32.3. The van der Waals surface area contributed by atoms with Crippen molar-refractivity contribution in [1.82, 2.24) is 0 Å². The normalized spacial score (nSPS) is 14.4.